The summed E-state index contributed by atoms with van der Waals surface area (Å²) >= 11 is 0. The number of nitrogens with zero attached hydrogens (tertiary/aromatic N) is 1. The third-order valence-electron chi connectivity index (χ3n) is 3.76. The molecule has 3 nitrogen and oxygen atoms in total. The second-order valence-corrected chi connectivity index (χ2v) is 5.43. The van der Waals surface area contributed by atoms with Gasteiger partial charge < -0.3 is 10.5 Å². The minimum atomic E-state index is 0.212. The van der Waals surface area contributed by atoms with Crippen LogP contribution in [0.1, 0.15) is 33.6 Å². The van der Waals surface area contributed by atoms with E-state index in [2.05, 4.69) is 25.7 Å². The second-order valence-electron chi connectivity index (χ2n) is 5.43. The van der Waals surface area contributed by atoms with E-state index in [-0.39, 0.29) is 12.3 Å². The van der Waals surface area contributed by atoms with Crippen LogP contribution >= 0.6 is 0 Å². The quantitative estimate of drug-likeness (QED) is 0.719. The number of hydrogen-bond acceptors (Lipinski definition) is 2. The molecular formula is C12H23N2O-. The maximum absolute atomic E-state index is 7.77. The number of nitrogens with one attached hydrogen (secondary N) is 1. The lowest BCUT2D eigenvalue weighted by Crippen LogP contribution is -2.35. The summed E-state index contributed by atoms with van der Waals surface area (Å²) in [5, 5.41) is 0. The van der Waals surface area contributed by atoms with Crippen molar-refractivity contribution in [2.24, 2.45) is 11.8 Å². The van der Waals surface area contributed by atoms with Gasteiger partial charge in [0, 0.05) is 13.1 Å². The summed E-state index contributed by atoms with van der Waals surface area (Å²) in [5.41, 5.74) is 7.77. The number of likely N-dealkylation sites (tertiary alicyclic amines) is 1. The molecule has 0 aromatic rings. The minimum absolute atomic E-state index is 0.212. The smallest absolute Gasteiger partial charge is 0.108 e. The molecule has 1 saturated carbocycles. The van der Waals surface area contributed by atoms with E-state index >= 15 is 0 Å². The van der Waals surface area contributed by atoms with E-state index in [9.17, 15) is 0 Å². The predicted molar refractivity (Wildman–Crippen MR) is 61.6 cm³/mol. The van der Waals surface area contributed by atoms with E-state index in [0.29, 0.717) is 6.10 Å². The van der Waals surface area contributed by atoms with Crippen LogP contribution in [-0.2, 0) is 4.74 Å². The summed E-state index contributed by atoms with van der Waals surface area (Å²) in [5.74, 6) is 1.54. The summed E-state index contributed by atoms with van der Waals surface area (Å²) in [6.45, 7) is 8.63. The Morgan fingerprint density at radius 3 is 2.13 bits per heavy atom. The highest BCUT2D eigenvalue weighted by Gasteiger charge is 2.39. The highest BCUT2D eigenvalue weighted by molar-refractivity contribution is 4.97. The Balaban J connectivity index is 1.83. The van der Waals surface area contributed by atoms with Crippen molar-refractivity contribution in [3.8, 4) is 0 Å². The zero-order valence-corrected chi connectivity index (χ0v) is 10.1. The van der Waals surface area contributed by atoms with Crippen molar-refractivity contribution >= 4 is 0 Å². The highest BCUT2D eigenvalue weighted by Crippen LogP contribution is 2.39. The first-order chi connectivity index (χ1) is 7.06. The van der Waals surface area contributed by atoms with Gasteiger partial charge in [0.1, 0.15) is 6.23 Å². The Morgan fingerprint density at radius 2 is 1.67 bits per heavy atom. The molecule has 3 heteroatoms. The number of rotatable bonds is 3. The van der Waals surface area contributed by atoms with Crippen molar-refractivity contribution in [1.29, 1.82) is 0 Å². The van der Waals surface area contributed by atoms with Crippen molar-refractivity contribution in [2.75, 3.05) is 13.1 Å². The van der Waals surface area contributed by atoms with Gasteiger partial charge in [0.25, 0.3) is 0 Å². The van der Waals surface area contributed by atoms with Crippen LogP contribution in [-0.4, -0.2) is 36.4 Å². The largest absolute Gasteiger partial charge is 0.675 e. The summed E-state index contributed by atoms with van der Waals surface area (Å²) in [6, 6.07) is 0.212. The van der Waals surface area contributed by atoms with Gasteiger partial charge in [-0.25, -0.2) is 0 Å². The Morgan fingerprint density at radius 1 is 1.13 bits per heavy atom. The SMILES string of the molecule is CC(C)OC(C)N1C[C@H]2CC([NH-])C[C@H]2C1. The Hall–Kier alpha value is -0.120. The van der Waals surface area contributed by atoms with E-state index in [4.69, 9.17) is 10.5 Å². The van der Waals surface area contributed by atoms with Crippen LogP contribution in [0.2, 0.25) is 0 Å². The topological polar surface area (TPSA) is 36.3 Å². The van der Waals surface area contributed by atoms with E-state index in [1.165, 1.54) is 0 Å². The molecule has 2 aliphatic rings. The molecule has 1 N–H and O–H groups in total. The first kappa shape index (κ1) is 11.4. The summed E-state index contributed by atoms with van der Waals surface area (Å²) in [6.07, 6.45) is 2.77. The Kier molecular flexibility index (Phi) is 3.33. The van der Waals surface area contributed by atoms with Crippen LogP contribution < -0.4 is 0 Å². The molecule has 2 rings (SSSR count). The zero-order chi connectivity index (χ0) is 11.0. The van der Waals surface area contributed by atoms with E-state index in [0.717, 1.165) is 37.8 Å². The van der Waals surface area contributed by atoms with Gasteiger partial charge in [0.05, 0.1) is 6.10 Å². The molecule has 1 aliphatic carbocycles. The van der Waals surface area contributed by atoms with Crippen LogP contribution in [0.3, 0.4) is 0 Å². The van der Waals surface area contributed by atoms with Gasteiger partial charge in [0.15, 0.2) is 0 Å². The number of ether oxygens (including phenoxy) is 1. The van der Waals surface area contributed by atoms with Crippen molar-refractivity contribution in [1.82, 2.24) is 4.90 Å². The zero-order valence-electron chi connectivity index (χ0n) is 10.1. The molecule has 2 fully saturated rings. The van der Waals surface area contributed by atoms with Gasteiger partial charge >= 0.3 is 0 Å². The first-order valence-electron chi connectivity index (χ1n) is 6.17. The van der Waals surface area contributed by atoms with Crippen molar-refractivity contribution in [3.05, 3.63) is 5.73 Å². The molecule has 0 aromatic carbocycles. The van der Waals surface area contributed by atoms with E-state index in [1.807, 2.05) is 0 Å². The van der Waals surface area contributed by atoms with E-state index < -0.39 is 0 Å². The third-order valence-corrected chi connectivity index (χ3v) is 3.76. The summed E-state index contributed by atoms with van der Waals surface area (Å²) in [7, 11) is 0. The highest BCUT2D eigenvalue weighted by atomic mass is 16.5. The molecule has 0 spiro atoms. The molecule has 0 amide bonds. The molecular weight excluding hydrogens is 188 g/mol. The lowest BCUT2D eigenvalue weighted by molar-refractivity contribution is -0.0702. The molecule has 0 aromatic heterocycles. The van der Waals surface area contributed by atoms with Crippen LogP contribution in [0.25, 0.3) is 5.73 Å². The summed E-state index contributed by atoms with van der Waals surface area (Å²) in [4.78, 5) is 2.45. The molecule has 2 unspecified atom stereocenters. The fourth-order valence-corrected chi connectivity index (χ4v) is 3.11. The van der Waals surface area contributed by atoms with Crippen molar-refractivity contribution in [3.63, 3.8) is 0 Å². The Bertz CT molecular complexity index is 206. The van der Waals surface area contributed by atoms with Crippen molar-refractivity contribution in [2.45, 2.75) is 52.0 Å². The summed E-state index contributed by atoms with van der Waals surface area (Å²) < 4.78 is 5.81. The van der Waals surface area contributed by atoms with E-state index in [1.54, 1.807) is 0 Å². The van der Waals surface area contributed by atoms with Crippen LogP contribution in [0.15, 0.2) is 0 Å². The molecule has 0 radical (unpaired) electrons. The lowest BCUT2D eigenvalue weighted by Gasteiger charge is -2.28. The average Bonchev–Trinajstić information content (AvgIpc) is 2.58. The maximum Gasteiger partial charge on any atom is 0.108 e. The number of hydrogen-bond donors (Lipinski definition) is 0. The second kappa shape index (κ2) is 4.40. The van der Waals surface area contributed by atoms with Gasteiger partial charge in [-0.05, 0) is 32.6 Å². The monoisotopic (exact) mass is 211 g/mol. The molecule has 1 saturated heterocycles. The Labute approximate surface area is 93.0 Å². The molecule has 1 aliphatic heterocycles. The molecule has 4 atom stereocenters. The maximum atomic E-state index is 7.77. The molecule has 15 heavy (non-hydrogen) atoms. The van der Waals surface area contributed by atoms with Crippen LogP contribution in [0.4, 0.5) is 0 Å². The molecule has 1 heterocycles. The minimum Gasteiger partial charge on any atom is -0.675 e. The van der Waals surface area contributed by atoms with Crippen LogP contribution in [0.5, 0.6) is 0 Å². The fraction of sp³-hybridized carbons (Fsp3) is 1.00. The fourth-order valence-electron chi connectivity index (χ4n) is 3.11. The van der Waals surface area contributed by atoms with Crippen molar-refractivity contribution < 1.29 is 4.74 Å². The van der Waals surface area contributed by atoms with Gasteiger partial charge in [0.2, 0.25) is 0 Å². The number of fused-ring (bicyclic) bond motifs is 1. The molecule has 0 bridgehead atoms. The average molecular weight is 211 g/mol. The first-order valence-corrected chi connectivity index (χ1v) is 6.17. The van der Waals surface area contributed by atoms with Crippen LogP contribution in [0, 0.1) is 11.8 Å². The third kappa shape index (κ3) is 2.52. The van der Waals surface area contributed by atoms with Gasteiger partial charge in [-0.1, -0.05) is 12.8 Å². The predicted octanol–water partition coefficient (Wildman–Crippen LogP) is 2.52. The lowest BCUT2D eigenvalue weighted by atomic mass is 10.0. The van der Waals surface area contributed by atoms with Gasteiger partial charge in [-0.15, -0.1) is 6.04 Å². The normalized spacial score (nSPS) is 38.6. The standard InChI is InChI=1S/C12H23N2O/c1-8(2)15-9(3)14-6-10-4-12(13)5-11(10)7-14/h8-13H,4-7H2,1-3H3/q-1/t9?,10-,11+,12?. The van der Waals surface area contributed by atoms with Gasteiger partial charge in [-0.3, -0.25) is 4.90 Å². The molecule has 88 valence electrons. The van der Waals surface area contributed by atoms with Gasteiger partial charge in [-0.2, -0.15) is 0 Å².